The van der Waals surface area contributed by atoms with Crippen molar-refractivity contribution in [2.45, 2.75) is 23.9 Å². The van der Waals surface area contributed by atoms with E-state index in [4.69, 9.17) is 0 Å². The number of carbonyl (C=O) groups excluding carboxylic acids is 1. The van der Waals surface area contributed by atoms with Crippen molar-refractivity contribution in [2.24, 2.45) is 14.1 Å². The molecular weight excluding hydrogens is 382 g/mol. The molecule has 3 rings (SSSR count). The molecule has 0 bridgehead atoms. The summed E-state index contributed by atoms with van der Waals surface area (Å²) in [5.41, 5.74) is -0.215. The summed E-state index contributed by atoms with van der Waals surface area (Å²) in [6, 6.07) is 8.26. The van der Waals surface area contributed by atoms with Gasteiger partial charge in [-0.2, -0.15) is 0 Å². The molecule has 0 aliphatic carbocycles. The molecule has 2 aromatic heterocycles. The van der Waals surface area contributed by atoms with Crippen LogP contribution in [0.5, 0.6) is 0 Å². The second kappa shape index (κ2) is 7.85. The maximum absolute atomic E-state index is 12.4. The van der Waals surface area contributed by atoms with Crippen molar-refractivity contribution >= 4 is 28.6 Å². The van der Waals surface area contributed by atoms with Crippen LogP contribution < -0.4 is 22.1 Å². The summed E-state index contributed by atoms with van der Waals surface area (Å²) in [5.74, 6) is -0.311. The van der Waals surface area contributed by atoms with Crippen LogP contribution in [0.2, 0.25) is 0 Å². The Bertz CT molecular complexity index is 1230. The number of rotatable bonds is 5. The number of hydrogen-bond donors (Lipinski definition) is 2. The summed E-state index contributed by atoms with van der Waals surface area (Å²) in [4.78, 5) is 55.2. The van der Waals surface area contributed by atoms with Crippen molar-refractivity contribution in [3.05, 3.63) is 67.2 Å². The predicted octanol–water partition coefficient (Wildman–Crippen LogP) is 0.118. The van der Waals surface area contributed by atoms with Crippen molar-refractivity contribution in [1.82, 2.24) is 24.4 Å². The lowest BCUT2D eigenvalue weighted by atomic mass is 10.2. The van der Waals surface area contributed by atoms with Gasteiger partial charge in [-0.1, -0.05) is 23.9 Å². The van der Waals surface area contributed by atoms with Gasteiger partial charge in [-0.3, -0.25) is 23.5 Å². The van der Waals surface area contributed by atoms with Gasteiger partial charge in [0.1, 0.15) is 0 Å². The topological polar surface area (TPSA) is 119 Å². The molecule has 3 aromatic rings. The molecule has 2 N–H and O–H groups in total. The zero-order valence-electron chi connectivity index (χ0n) is 15.6. The molecule has 1 amide bonds. The van der Waals surface area contributed by atoms with E-state index in [2.05, 4.69) is 15.3 Å². The zero-order valence-corrected chi connectivity index (χ0v) is 16.4. The molecule has 0 aliphatic rings. The third kappa shape index (κ3) is 3.91. The van der Waals surface area contributed by atoms with Gasteiger partial charge in [0.25, 0.3) is 11.1 Å². The molecular formula is C18H19N5O4S. The fraction of sp³-hybridized carbons (Fsp3) is 0.278. The molecule has 0 radical (unpaired) electrons. The molecule has 0 saturated heterocycles. The van der Waals surface area contributed by atoms with E-state index in [0.29, 0.717) is 21.8 Å². The van der Waals surface area contributed by atoms with Gasteiger partial charge >= 0.3 is 5.69 Å². The molecule has 0 fully saturated rings. The third-order valence-electron chi connectivity index (χ3n) is 4.32. The lowest BCUT2D eigenvalue weighted by molar-refractivity contribution is -0.120. The van der Waals surface area contributed by atoms with E-state index in [9.17, 15) is 19.2 Å². The van der Waals surface area contributed by atoms with Crippen LogP contribution in [0.25, 0.3) is 10.9 Å². The number of nitrogens with one attached hydrogen (secondary N) is 2. The Labute approximate surface area is 163 Å². The van der Waals surface area contributed by atoms with Crippen molar-refractivity contribution in [3.63, 3.8) is 0 Å². The van der Waals surface area contributed by atoms with Crippen LogP contribution in [0.3, 0.4) is 0 Å². The van der Waals surface area contributed by atoms with Gasteiger partial charge in [0.05, 0.1) is 22.7 Å². The predicted molar refractivity (Wildman–Crippen MR) is 106 cm³/mol. The second-order valence-corrected chi connectivity index (χ2v) is 7.57. The number of hydrogen-bond acceptors (Lipinski definition) is 6. The zero-order chi connectivity index (χ0) is 20.4. The molecule has 0 aliphatic heterocycles. The normalized spacial score (nSPS) is 12.1. The first-order valence-electron chi connectivity index (χ1n) is 8.47. The number of benzene rings is 1. The molecule has 1 aromatic carbocycles. The monoisotopic (exact) mass is 401 g/mol. The number of thioether (sulfide) groups is 1. The average molecular weight is 401 g/mol. The van der Waals surface area contributed by atoms with E-state index < -0.39 is 16.5 Å². The third-order valence-corrected chi connectivity index (χ3v) is 5.30. The fourth-order valence-corrected chi connectivity index (χ4v) is 3.44. The first kappa shape index (κ1) is 19.6. The number of aromatic nitrogens is 4. The molecule has 0 unspecified atom stereocenters. The summed E-state index contributed by atoms with van der Waals surface area (Å²) >= 11 is 1.12. The average Bonchev–Trinajstić information content (AvgIpc) is 2.67. The van der Waals surface area contributed by atoms with Gasteiger partial charge in [0.2, 0.25) is 5.91 Å². The van der Waals surface area contributed by atoms with Crippen molar-refractivity contribution in [1.29, 1.82) is 0 Å². The van der Waals surface area contributed by atoms with Gasteiger partial charge < -0.3 is 10.3 Å². The van der Waals surface area contributed by atoms with E-state index in [1.54, 1.807) is 31.2 Å². The van der Waals surface area contributed by atoms with Crippen molar-refractivity contribution < 1.29 is 4.79 Å². The molecule has 146 valence electrons. The van der Waals surface area contributed by atoms with Crippen LogP contribution in [0, 0.1) is 0 Å². The van der Waals surface area contributed by atoms with Gasteiger partial charge in [0.15, 0.2) is 5.16 Å². The van der Waals surface area contributed by atoms with E-state index in [-0.39, 0.29) is 18.0 Å². The maximum atomic E-state index is 12.4. The van der Waals surface area contributed by atoms with Gasteiger partial charge in [-0.25, -0.2) is 9.78 Å². The van der Waals surface area contributed by atoms with Gasteiger partial charge in [0, 0.05) is 25.9 Å². The molecule has 0 spiro atoms. The summed E-state index contributed by atoms with van der Waals surface area (Å²) in [6.07, 6.45) is 0. The Kier molecular flexibility index (Phi) is 5.50. The van der Waals surface area contributed by atoms with E-state index in [0.717, 1.165) is 16.3 Å². The number of amides is 1. The number of H-pyrrole nitrogens is 1. The van der Waals surface area contributed by atoms with E-state index in [1.807, 2.05) is 0 Å². The minimum absolute atomic E-state index is 0.0349. The largest absolute Gasteiger partial charge is 0.350 e. The molecule has 10 heteroatoms. The van der Waals surface area contributed by atoms with Crippen LogP contribution in [0.1, 0.15) is 12.6 Å². The number of carbonyl (C=O) groups is 1. The highest BCUT2D eigenvalue weighted by molar-refractivity contribution is 8.00. The fourth-order valence-electron chi connectivity index (χ4n) is 2.61. The lowest BCUT2D eigenvalue weighted by Crippen LogP contribution is -2.40. The summed E-state index contributed by atoms with van der Waals surface area (Å²) in [5, 5.41) is 2.97. The Morgan fingerprint density at radius 2 is 1.93 bits per heavy atom. The summed E-state index contributed by atoms with van der Waals surface area (Å²) in [6.45, 7) is 1.71. The highest BCUT2D eigenvalue weighted by Gasteiger charge is 2.17. The van der Waals surface area contributed by atoms with Crippen LogP contribution in [-0.2, 0) is 25.4 Å². The molecule has 28 heavy (non-hydrogen) atoms. The first-order chi connectivity index (χ1) is 13.3. The molecule has 1 atom stereocenters. The van der Waals surface area contributed by atoms with Crippen LogP contribution in [0.4, 0.5) is 0 Å². The number of aromatic amines is 1. The Morgan fingerprint density at radius 1 is 1.21 bits per heavy atom. The Hall–Kier alpha value is -3.14. The Balaban J connectivity index is 1.71. The van der Waals surface area contributed by atoms with Crippen LogP contribution >= 0.6 is 11.8 Å². The standard InChI is InChI=1S/C18H19N5O4S/c1-10(28-17-20-13-7-5-4-6-12(13)16(26)21-17)15(25)19-9-11-8-14(24)23(3)18(27)22(11)2/h4-8,10H,9H2,1-3H3,(H,19,25)(H,20,21,26)/t10-/m1/s1. The van der Waals surface area contributed by atoms with E-state index >= 15 is 0 Å². The van der Waals surface area contributed by atoms with Crippen LogP contribution in [0.15, 0.2) is 49.9 Å². The minimum atomic E-state index is -0.548. The van der Waals surface area contributed by atoms with Gasteiger partial charge in [-0.05, 0) is 19.1 Å². The van der Waals surface area contributed by atoms with Crippen LogP contribution in [-0.4, -0.2) is 30.3 Å². The minimum Gasteiger partial charge on any atom is -0.350 e. The SMILES string of the molecule is C[C@@H](Sc1nc2ccccc2c(=O)[nH]1)C(=O)NCc1cc(=O)n(C)c(=O)n1C. The quantitative estimate of drug-likeness (QED) is 0.463. The number of nitrogens with zero attached hydrogens (tertiary/aromatic N) is 3. The lowest BCUT2D eigenvalue weighted by Gasteiger charge is -2.13. The second-order valence-electron chi connectivity index (χ2n) is 6.24. The summed E-state index contributed by atoms with van der Waals surface area (Å²) < 4.78 is 2.30. The Morgan fingerprint density at radius 3 is 2.68 bits per heavy atom. The smallest absolute Gasteiger partial charge is 0.330 e. The highest BCUT2D eigenvalue weighted by Crippen LogP contribution is 2.20. The van der Waals surface area contributed by atoms with E-state index in [1.165, 1.54) is 24.7 Å². The maximum Gasteiger partial charge on any atom is 0.330 e. The number of para-hydroxylation sites is 1. The highest BCUT2D eigenvalue weighted by atomic mass is 32.2. The molecule has 0 saturated carbocycles. The first-order valence-corrected chi connectivity index (χ1v) is 9.35. The van der Waals surface area contributed by atoms with Gasteiger partial charge in [-0.15, -0.1) is 0 Å². The molecule has 2 heterocycles. The molecule has 9 nitrogen and oxygen atoms in total. The summed E-state index contributed by atoms with van der Waals surface area (Å²) in [7, 11) is 2.92. The van der Waals surface area contributed by atoms with Crippen molar-refractivity contribution in [3.8, 4) is 0 Å². The number of fused-ring (bicyclic) bond motifs is 1. The van der Waals surface area contributed by atoms with Crippen molar-refractivity contribution in [2.75, 3.05) is 0 Å².